The van der Waals surface area contributed by atoms with Gasteiger partial charge in [-0.2, -0.15) is 0 Å². The number of anilines is 2. The Morgan fingerprint density at radius 1 is 0.913 bits per heavy atom. The van der Waals surface area contributed by atoms with Crippen LogP contribution in [0.3, 0.4) is 0 Å². The Bertz CT molecular complexity index is 533. The lowest BCUT2D eigenvalue weighted by molar-refractivity contribution is -0.134. The van der Waals surface area contributed by atoms with E-state index in [9.17, 15) is 4.79 Å². The van der Waals surface area contributed by atoms with Crippen LogP contribution in [0.2, 0.25) is 0 Å². The Morgan fingerprint density at radius 2 is 1.43 bits per heavy atom. The van der Waals surface area contributed by atoms with Crippen molar-refractivity contribution >= 4 is 17.3 Å². The number of amides is 1. The highest BCUT2D eigenvalue weighted by atomic mass is 16.5. The van der Waals surface area contributed by atoms with Crippen molar-refractivity contribution in [3.8, 4) is 0 Å². The van der Waals surface area contributed by atoms with Crippen LogP contribution in [-0.4, -0.2) is 63.3 Å². The van der Waals surface area contributed by atoms with Crippen molar-refractivity contribution in [3.05, 3.63) is 24.3 Å². The molecule has 1 amide bonds. The van der Waals surface area contributed by atoms with Gasteiger partial charge < -0.3 is 19.4 Å². The molecule has 2 aliphatic rings. The van der Waals surface area contributed by atoms with Gasteiger partial charge in [0.05, 0.1) is 24.6 Å². The van der Waals surface area contributed by atoms with E-state index in [-0.39, 0.29) is 11.8 Å². The zero-order valence-electron chi connectivity index (χ0n) is 14.2. The normalized spacial score (nSPS) is 19.3. The first-order valence-electron chi connectivity index (χ1n) is 8.62. The van der Waals surface area contributed by atoms with E-state index in [1.165, 1.54) is 11.4 Å². The zero-order valence-corrected chi connectivity index (χ0v) is 14.2. The summed E-state index contributed by atoms with van der Waals surface area (Å²) in [6, 6.07) is 8.61. The van der Waals surface area contributed by atoms with E-state index < -0.39 is 0 Å². The number of ether oxygens (including phenoxy) is 1. The van der Waals surface area contributed by atoms with E-state index >= 15 is 0 Å². The Morgan fingerprint density at radius 3 is 1.96 bits per heavy atom. The number of nitrogens with zero attached hydrogens (tertiary/aromatic N) is 3. The van der Waals surface area contributed by atoms with Crippen LogP contribution < -0.4 is 9.80 Å². The first-order valence-corrected chi connectivity index (χ1v) is 8.62. The lowest BCUT2D eigenvalue weighted by atomic mass is 10.1. The summed E-state index contributed by atoms with van der Waals surface area (Å²) < 4.78 is 5.47. The van der Waals surface area contributed by atoms with Crippen molar-refractivity contribution < 1.29 is 9.53 Å². The molecule has 126 valence electrons. The van der Waals surface area contributed by atoms with Crippen LogP contribution in [0.5, 0.6) is 0 Å². The second kappa shape index (κ2) is 7.21. The van der Waals surface area contributed by atoms with Gasteiger partial charge in [0.1, 0.15) is 0 Å². The number of morpholine rings is 1. The molecule has 1 aromatic carbocycles. The Labute approximate surface area is 138 Å². The molecule has 0 saturated carbocycles. The highest BCUT2D eigenvalue weighted by Crippen LogP contribution is 2.30. The number of hydrogen-bond donors (Lipinski definition) is 0. The summed E-state index contributed by atoms with van der Waals surface area (Å²) in [7, 11) is 0. The van der Waals surface area contributed by atoms with Gasteiger partial charge in [-0.25, -0.2) is 0 Å². The molecule has 0 unspecified atom stereocenters. The zero-order chi connectivity index (χ0) is 16.2. The molecule has 2 saturated heterocycles. The van der Waals surface area contributed by atoms with E-state index in [2.05, 4.69) is 34.1 Å². The number of carbonyl (C=O) groups excluding carboxylic acids is 1. The average Bonchev–Trinajstić information content (AvgIpc) is 2.62. The van der Waals surface area contributed by atoms with Crippen LogP contribution in [0.4, 0.5) is 11.4 Å². The van der Waals surface area contributed by atoms with Crippen molar-refractivity contribution in [1.82, 2.24) is 4.90 Å². The van der Waals surface area contributed by atoms with Gasteiger partial charge in [-0.1, -0.05) is 26.0 Å². The Balaban J connectivity index is 1.70. The minimum absolute atomic E-state index is 0.0854. The molecular weight excluding hydrogens is 290 g/mol. The predicted octanol–water partition coefficient (Wildman–Crippen LogP) is 1.83. The average molecular weight is 317 g/mol. The molecule has 5 nitrogen and oxygen atoms in total. The number of benzene rings is 1. The standard InChI is InChI=1S/C18H27N3O2/c1-15(2)18(22)21-9-7-19(8-10-21)16-5-3-4-6-17(16)20-11-13-23-14-12-20/h3-6,15H,7-14H2,1-2H3. The summed E-state index contributed by atoms with van der Waals surface area (Å²) in [5.74, 6) is 0.355. The molecule has 0 spiro atoms. The van der Waals surface area contributed by atoms with E-state index in [0.717, 1.165) is 52.5 Å². The molecule has 5 heteroatoms. The molecule has 2 aliphatic heterocycles. The first-order chi connectivity index (χ1) is 11.2. The number of carbonyl (C=O) groups is 1. The van der Waals surface area contributed by atoms with Crippen LogP contribution in [-0.2, 0) is 9.53 Å². The van der Waals surface area contributed by atoms with Crippen molar-refractivity contribution in [2.75, 3.05) is 62.3 Å². The van der Waals surface area contributed by atoms with Crippen LogP contribution >= 0.6 is 0 Å². The maximum absolute atomic E-state index is 12.1. The van der Waals surface area contributed by atoms with Crippen LogP contribution in [0.25, 0.3) is 0 Å². The van der Waals surface area contributed by atoms with E-state index in [1.807, 2.05) is 18.7 Å². The van der Waals surface area contributed by atoms with Gasteiger partial charge in [0.25, 0.3) is 0 Å². The Kier molecular flexibility index (Phi) is 5.06. The molecule has 1 aromatic rings. The fraction of sp³-hybridized carbons (Fsp3) is 0.611. The second-order valence-corrected chi connectivity index (χ2v) is 6.56. The highest BCUT2D eigenvalue weighted by molar-refractivity contribution is 5.79. The maximum Gasteiger partial charge on any atom is 0.225 e. The van der Waals surface area contributed by atoms with Gasteiger partial charge in [-0.15, -0.1) is 0 Å². The van der Waals surface area contributed by atoms with E-state index in [4.69, 9.17) is 4.74 Å². The fourth-order valence-corrected chi connectivity index (χ4v) is 3.34. The molecule has 2 fully saturated rings. The summed E-state index contributed by atoms with van der Waals surface area (Å²) in [6.45, 7) is 10.9. The lowest BCUT2D eigenvalue weighted by Gasteiger charge is -2.39. The molecule has 23 heavy (non-hydrogen) atoms. The Hall–Kier alpha value is -1.75. The summed E-state index contributed by atoms with van der Waals surface area (Å²) in [4.78, 5) is 19.0. The molecular formula is C18H27N3O2. The highest BCUT2D eigenvalue weighted by Gasteiger charge is 2.25. The van der Waals surface area contributed by atoms with Gasteiger partial charge in [0, 0.05) is 45.2 Å². The SMILES string of the molecule is CC(C)C(=O)N1CCN(c2ccccc2N2CCOCC2)CC1. The maximum atomic E-state index is 12.1. The number of rotatable bonds is 3. The van der Waals surface area contributed by atoms with Gasteiger partial charge in [-0.05, 0) is 12.1 Å². The van der Waals surface area contributed by atoms with Crippen molar-refractivity contribution in [1.29, 1.82) is 0 Å². The van der Waals surface area contributed by atoms with E-state index in [0.29, 0.717) is 0 Å². The minimum Gasteiger partial charge on any atom is -0.378 e. The fourth-order valence-electron chi connectivity index (χ4n) is 3.34. The molecule has 0 aromatic heterocycles. The molecule has 3 rings (SSSR count). The lowest BCUT2D eigenvalue weighted by Crippen LogP contribution is -2.50. The molecule has 0 atom stereocenters. The summed E-state index contributed by atoms with van der Waals surface area (Å²) in [5, 5.41) is 0. The molecule has 0 aliphatic carbocycles. The number of hydrogen-bond acceptors (Lipinski definition) is 4. The second-order valence-electron chi connectivity index (χ2n) is 6.56. The first kappa shape index (κ1) is 16.1. The molecule has 2 heterocycles. The third-order valence-corrected chi connectivity index (χ3v) is 4.66. The number of para-hydroxylation sites is 2. The van der Waals surface area contributed by atoms with Crippen LogP contribution in [0.15, 0.2) is 24.3 Å². The van der Waals surface area contributed by atoms with Gasteiger partial charge in [0.15, 0.2) is 0 Å². The molecule has 0 N–H and O–H groups in total. The molecule has 0 radical (unpaired) electrons. The third-order valence-electron chi connectivity index (χ3n) is 4.66. The minimum atomic E-state index is 0.0854. The predicted molar refractivity (Wildman–Crippen MR) is 93.1 cm³/mol. The van der Waals surface area contributed by atoms with Crippen molar-refractivity contribution in [3.63, 3.8) is 0 Å². The quantitative estimate of drug-likeness (QED) is 0.852. The van der Waals surface area contributed by atoms with Crippen LogP contribution in [0.1, 0.15) is 13.8 Å². The summed E-state index contributed by atoms with van der Waals surface area (Å²) in [6.07, 6.45) is 0. The summed E-state index contributed by atoms with van der Waals surface area (Å²) >= 11 is 0. The smallest absolute Gasteiger partial charge is 0.225 e. The molecule has 0 bridgehead atoms. The summed E-state index contributed by atoms with van der Waals surface area (Å²) in [5.41, 5.74) is 2.57. The number of piperazine rings is 1. The van der Waals surface area contributed by atoms with Gasteiger partial charge in [0.2, 0.25) is 5.91 Å². The van der Waals surface area contributed by atoms with E-state index in [1.54, 1.807) is 0 Å². The van der Waals surface area contributed by atoms with Gasteiger partial charge >= 0.3 is 0 Å². The topological polar surface area (TPSA) is 36.0 Å². The largest absolute Gasteiger partial charge is 0.378 e. The van der Waals surface area contributed by atoms with Crippen LogP contribution in [0, 0.1) is 5.92 Å². The van der Waals surface area contributed by atoms with Crippen molar-refractivity contribution in [2.24, 2.45) is 5.92 Å². The monoisotopic (exact) mass is 317 g/mol. The third kappa shape index (κ3) is 3.61. The van der Waals surface area contributed by atoms with Crippen molar-refractivity contribution in [2.45, 2.75) is 13.8 Å². The van der Waals surface area contributed by atoms with Gasteiger partial charge in [-0.3, -0.25) is 4.79 Å².